The number of nitrogens with zero attached hydrogens (tertiary/aromatic N) is 2. The molecule has 2 rings (SSSR count). The van der Waals surface area contributed by atoms with Crippen molar-refractivity contribution < 1.29 is 5.11 Å². The fraction of sp³-hybridized carbons (Fsp3) is 0.231. The number of nitrogens with two attached hydrogens (primary N) is 1. The standard InChI is InChI=1S/C13H14ClN3O/c1-7-6-8(2)17-13(16-7)12(18)9-4-3-5-10(14)11(9)15/h3-6,12,18H,15H2,1-2H3. The normalized spacial score (nSPS) is 12.4. The van der Waals surface area contributed by atoms with Crippen LogP contribution >= 0.6 is 11.6 Å². The summed E-state index contributed by atoms with van der Waals surface area (Å²) >= 11 is 5.93. The summed E-state index contributed by atoms with van der Waals surface area (Å²) < 4.78 is 0. The Morgan fingerprint density at radius 1 is 1.22 bits per heavy atom. The average Bonchev–Trinajstić information content (AvgIpc) is 2.30. The second-order valence-corrected chi connectivity index (χ2v) is 4.56. The molecule has 94 valence electrons. The van der Waals surface area contributed by atoms with E-state index in [4.69, 9.17) is 17.3 Å². The number of benzene rings is 1. The molecule has 1 aromatic heterocycles. The summed E-state index contributed by atoms with van der Waals surface area (Å²) in [5.74, 6) is 0.335. The van der Waals surface area contributed by atoms with Crippen LogP contribution in [0.15, 0.2) is 24.3 Å². The van der Waals surface area contributed by atoms with Gasteiger partial charge in [0.1, 0.15) is 6.10 Å². The molecule has 1 heterocycles. The number of halogens is 1. The van der Waals surface area contributed by atoms with E-state index in [1.165, 1.54) is 0 Å². The zero-order valence-electron chi connectivity index (χ0n) is 10.2. The number of hydrogen-bond donors (Lipinski definition) is 2. The van der Waals surface area contributed by atoms with E-state index in [2.05, 4.69) is 9.97 Å². The summed E-state index contributed by atoms with van der Waals surface area (Å²) in [5, 5.41) is 10.7. The molecule has 0 radical (unpaired) electrons. The number of para-hydroxylation sites is 1. The lowest BCUT2D eigenvalue weighted by atomic mass is 10.1. The Balaban J connectivity index is 2.47. The molecule has 1 aromatic carbocycles. The Kier molecular flexibility index (Phi) is 3.50. The molecule has 1 atom stereocenters. The highest BCUT2D eigenvalue weighted by atomic mass is 35.5. The lowest BCUT2D eigenvalue weighted by Crippen LogP contribution is -2.09. The molecule has 0 bridgehead atoms. The van der Waals surface area contributed by atoms with Crippen molar-refractivity contribution in [2.75, 3.05) is 5.73 Å². The van der Waals surface area contributed by atoms with E-state index in [0.717, 1.165) is 11.4 Å². The fourth-order valence-electron chi connectivity index (χ4n) is 1.81. The number of aromatic nitrogens is 2. The van der Waals surface area contributed by atoms with Crippen LogP contribution in [-0.4, -0.2) is 15.1 Å². The number of hydrogen-bond acceptors (Lipinski definition) is 4. The first kappa shape index (κ1) is 12.8. The molecule has 0 aliphatic rings. The Morgan fingerprint density at radius 3 is 2.44 bits per heavy atom. The third kappa shape index (κ3) is 2.44. The molecule has 2 aromatic rings. The maximum atomic E-state index is 10.3. The summed E-state index contributed by atoms with van der Waals surface area (Å²) in [5.41, 5.74) is 8.33. The van der Waals surface area contributed by atoms with Crippen LogP contribution in [0.5, 0.6) is 0 Å². The summed E-state index contributed by atoms with van der Waals surface area (Å²) in [4.78, 5) is 8.44. The van der Waals surface area contributed by atoms with Gasteiger partial charge in [-0.1, -0.05) is 23.7 Å². The van der Waals surface area contributed by atoms with Crippen molar-refractivity contribution in [1.82, 2.24) is 9.97 Å². The van der Waals surface area contributed by atoms with Crippen molar-refractivity contribution in [1.29, 1.82) is 0 Å². The molecule has 0 spiro atoms. The number of aliphatic hydroxyl groups excluding tert-OH is 1. The van der Waals surface area contributed by atoms with Gasteiger partial charge in [0.15, 0.2) is 5.82 Å². The van der Waals surface area contributed by atoms with E-state index in [1.54, 1.807) is 18.2 Å². The van der Waals surface area contributed by atoms with Gasteiger partial charge in [-0.15, -0.1) is 0 Å². The van der Waals surface area contributed by atoms with Gasteiger partial charge >= 0.3 is 0 Å². The SMILES string of the molecule is Cc1cc(C)nc(C(O)c2cccc(Cl)c2N)n1. The molecule has 4 nitrogen and oxygen atoms in total. The number of anilines is 1. The van der Waals surface area contributed by atoms with Gasteiger partial charge in [0.05, 0.1) is 10.7 Å². The van der Waals surface area contributed by atoms with Crippen LogP contribution in [0.3, 0.4) is 0 Å². The van der Waals surface area contributed by atoms with E-state index in [1.807, 2.05) is 19.9 Å². The van der Waals surface area contributed by atoms with Crippen LogP contribution in [0.1, 0.15) is 28.9 Å². The minimum atomic E-state index is -0.970. The second-order valence-electron chi connectivity index (χ2n) is 4.15. The summed E-state index contributed by atoms with van der Waals surface area (Å²) in [6.45, 7) is 3.71. The van der Waals surface area contributed by atoms with Crippen molar-refractivity contribution >= 4 is 17.3 Å². The van der Waals surface area contributed by atoms with E-state index in [0.29, 0.717) is 22.1 Å². The van der Waals surface area contributed by atoms with E-state index < -0.39 is 6.10 Å². The minimum Gasteiger partial charge on any atom is -0.397 e. The molecule has 0 fully saturated rings. The zero-order valence-corrected chi connectivity index (χ0v) is 10.9. The Hall–Kier alpha value is -1.65. The topological polar surface area (TPSA) is 72.0 Å². The molecule has 18 heavy (non-hydrogen) atoms. The van der Waals surface area contributed by atoms with Gasteiger partial charge in [0.2, 0.25) is 0 Å². The van der Waals surface area contributed by atoms with E-state index in [9.17, 15) is 5.11 Å². The van der Waals surface area contributed by atoms with Crippen LogP contribution in [0, 0.1) is 13.8 Å². The monoisotopic (exact) mass is 263 g/mol. The van der Waals surface area contributed by atoms with Gasteiger partial charge in [-0.05, 0) is 26.0 Å². The molecular formula is C13H14ClN3O. The van der Waals surface area contributed by atoms with Crippen LogP contribution in [0.2, 0.25) is 5.02 Å². The van der Waals surface area contributed by atoms with Crippen molar-refractivity contribution in [3.05, 3.63) is 52.1 Å². The first-order valence-corrected chi connectivity index (χ1v) is 5.91. The molecule has 5 heteroatoms. The van der Waals surface area contributed by atoms with Gasteiger partial charge in [-0.3, -0.25) is 0 Å². The molecule has 0 saturated heterocycles. The molecule has 1 unspecified atom stereocenters. The first-order valence-electron chi connectivity index (χ1n) is 5.53. The fourth-order valence-corrected chi connectivity index (χ4v) is 1.99. The maximum absolute atomic E-state index is 10.3. The van der Waals surface area contributed by atoms with Gasteiger partial charge in [0, 0.05) is 17.0 Å². The van der Waals surface area contributed by atoms with Gasteiger partial charge in [-0.2, -0.15) is 0 Å². The Bertz CT molecular complexity index is 566. The van der Waals surface area contributed by atoms with Gasteiger partial charge in [0.25, 0.3) is 0 Å². The number of rotatable bonds is 2. The molecule has 0 amide bonds. The van der Waals surface area contributed by atoms with E-state index in [-0.39, 0.29) is 0 Å². The number of nitrogen functional groups attached to an aromatic ring is 1. The highest BCUT2D eigenvalue weighted by Crippen LogP contribution is 2.29. The highest BCUT2D eigenvalue weighted by Gasteiger charge is 2.18. The summed E-state index contributed by atoms with van der Waals surface area (Å²) in [6.07, 6.45) is -0.970. The van der Waals surface area contributed by atoms with Crippen molar-refractivity contribution in [3.8, 4) is 0 Å². The van der Waals surface area contributed by atoms with Gasteiger partial charge in [-0.25, -0.2) is 9.97 Å². The molecule has 0 aliphatic carbocycles. The van der Waals surface area contributed by atoms with Crippen LogP contribution in [0.25, 0.3) is 0 Å². The second kappa shape index (κ2) is 4.92. The largest absolute Gasteiger partial charge is 0.397 e. The van der Waals surface area contributed by atoms with Crippen molar-refractivity contribution in [2.45, 2.75) is 20.0 Å². The summed E-state index contributed by atoms with van der Waals surface area (Å²) in [7, 11) is 0. The molecule has 0 saturated carbocycles. The minimum absolute atomic E-state index is 0.335. The Labute approximate surface area is 110 Å². The third-order valence-corrected chi connectivity index (χ3v) is 2.95. The predicted octanol–water partition coefficient (Wildman–Crippen LogP) is 2.41. The van der Waals surface area contributed by atoms with Crippen LogP contribution in [-0.2, 0) is 0 Å². The summed E-state index contributed by atoms with van der Waals surface area (Å²) in [6, 6.07) is 6.97. The average molecular weight is 264 g/mol. The third-order valence-electron chi connectivity index (χ3n) is 2.63. The molecular weight excluding hydrogens is 250 g/mol. The lowest BCUT2D eigenvalue weighted by Gasteiger charge is -2.14. The molecule has 3 N–H and O–H groups in total. The maximum Gasteiger partial charge on any atom is 0.162 e. The highest BCUT2D eigenvalue weighted by molar-refractivity contribution is 6.33. The van der Waals surface area contributed by atoms with E-state index >= 15 is 0 Å². The lowest BCUT2D eigenvalue weighted by molar-refractivity contribution is 0.210. The number of aliphatic hydroxyl groups is 1. The predicted molar refractivity (Wildman–Crippen MR) is 71.4 cm³/mol. The quantitative estimate of drug-likeness (QED) is 0.816. The first-order chi connectivity index (χ1) is 8.49. The van der Waals surface area contributed by atoms with Crippen LogP contribution in [0.4, 0.5) is 5.69 Å². The zero-order chi connectivity index (χ0) is 13.3. The van der Waals surface area contributed by atoms with Crippen molar-refractivity contribution in [2.24, 2.45) is 0 Å². The Morgan fingerprint density at radius 2 is 1.83 bits per heavy atom. The number of aryl methyl sites for hydroxylation is 2. The van der Waals surface area contributed by atoms with Gasteiger partial charge < -0.3 is 10.8 Å². The van der Waals surface area contributed by atoms with Crippen molar-refractivity contribution in [3.63, 3.8) is 0 Å². The smallest absolute Gasteiger partial charge is 0.162 e. The van der Waals surface area contributed by atoms with Crippen LogP contribution < -0.4 is 5.73 Å². The molecule has 0 aliphatic heterocycles.